The number of para-hydroxylation sites is 2. The molecule has 0 saturated carbocycles. The van der Waals surface area contributed by atoms with E-state index < -0.39 is 0 Å². The number of benzene rings is 2. The summed E-state index contributed by atoms with van der Waals surface area (Å²) in [4.78, 5) is 12.1. The van der Waals surface area contributed by atoms with Gasteiger partial charge in [-0.1, -0.05) is 54.2 Å². The van der Waals surface area contributed by atoms with Crippen LogP contribution in [-0.2, 0) is 19.5 Å². The molecule has 27 heavy (non-hydrogen) atoms. The molecular weight excluding hydrogens is 360 g/mol. The Bertz CT molecular complexity index is 1100. The summed E-state index contributed by atoms with van der Waals surface area (Å²) in [6, 6.07) is 17.7. The highest BCUT2D eigenvalue weighted by Crippen LogP contribution is 2.20. The van der Waals surface area contributed by atoms with E-state index in [4.69, 9.17) is 4.42 Å². The second kappa shape index (κ2) is 7.84. The standard InChI is InChI=1S/C20H20N4O2S/c1-2-23-18(14-15-8-4-3-5-9-15)21-22-19(23)27-13-12-24-16-10-6-7-11-17(16)26-20(24)25/h3-11H,2,12-14H2,1H3. The van der Waals surface area contributed by atoms with E-state index in [2.05, 4.69) is 33.8 Å². The molecule has 0 aliphatic carbocycles. The van der Waals surface area contributed by atoms with Crippen LogP contribution in [0.25, 0.3) is 11.1 Å². The van der Waals surface area contributed by atoms with Crippen LogP contribution in [0, 0.1) is 0 Å². The van der Waals surface area contributed by atoms with Gasteiger partial charge in [0.05, 0.1) is 5.52 Å². The van der Waals surface area contributed by atoms with Crippen LogP contribution in [0.1, 0.15) is 18.3 Å². The zero-order valence-corrected chi connectivity index (χ0v) is 15.9. The van der Waals surface area contributed by atoms with Crippen LogP contribution in [0.15, 0.2) is 69.0 Å². The van der Waals surface area contributed by atoms with E-state index >= 15 is 0 Å². The lowest BCUT2D eigenvalue weighted by molar-refractivity contribution is 0.514. The number of rotatable bonds is 7. The summed E-state index contributed by atoms with van der Waals surface area (Å²) < 4.78 is 9.08. The fraction of sp³-hybridized carbons (Fsp3) is 0.250. The van der Waals surface area contributed by atoms with Crippen molar-refractivity contribution in [2.45, 2.75) is 31.6 Å². The summed E-state index contributed by atoms with van der Waals surface area (Å²) >= 11 is 1.61. The van der Waals surface area contributed by atoms with Crippen LogP contribution in [0.3, 0.4) is 0 Å². The first-order valence-electron chi connectivity index (χ1n) is 8.93. The molecule has 2 aromatic carbocycles. The van der Waals surface area contributed by atoms with Gasteiger partial charge < -0.3 is 8.98 Å². The van der Waals surface area contributed by atoms with Gasteiger partial charge in [-0.15, -0.1) is 10.2 Å². The summed E-state index contributed by atoms with van der Waals surface area (Å²) in [5.74, 6) is 1.35. The smallest absolute Gasteiger partial charge is 0.408 e. The fourth-order valence-electron chi connectivity index (χ4n) is 3.11. The molecule has 4 aromatic rings. The van der Waals surface area contributed by atoms with E-state index in [1.165, 1.54) is 5.56 Å². The molecule has 0 N–H and O–H groups in total. The predicted molar refractivity (Wildman–Crippen MR) is 106 cm³/mol. The Kier molecular flexibility index (Phi) is 5.11. The molecule has 0 spiro atoms. The van der Waals surface area contributed by atoms with Gasteiger partial charge in [-0.2, -0.15) is 0 Å². The Balaban J connectivity index is 1.47. The van der Waals surface area contributed by atoms with Crippen molar-refractivity contribution in [1.29, 1.82) is 0 Å². The van der Waals surface area contributed by atoms with Crippen molar-refractivity contribution < 1.29 is 4.42 Å². The quantitative estimate of drug-likeness (QED) is 0.459. The largest absolute Gasteiger partial charge is 0.419 e. The zero-order chi connectivity index (χ0) is 18.6. The topological polar surface area (TPSA) is 65.8 Å². The molecule has 0 bridgehead atoms. The number of fused-ring (bicyclic) bond motifs is 1. The first kappa shape index (κ1) is 17.6. The number of nitrogens with zero attached hydrogens (tertiary/aromatic N) is 4. The number of hydrogen-bond donors (Lipinski definition) is 0. The highest BCUT2D eigenvalue weighted by atomic mass is 32.2. The van der Waals surface area contributed by atoms with Crippen LogP contribution < -0.4 is 5.76 Å². The molecule has 2 heterocycles. The highest BCUT2D eigenvalue weighted by molar-refractivity contribution is 7.99. The predicted octanol–water partition coefficient (Wildman–Crippen LogP) is 3.59. The minimum atomic E-state index is -0.321. The molecule has 0 atom stereocenters. The number of aryl methyl sites for hydroxylation is 1. The van der Waals surface area contributed by atoms with E-state index in [-0.39, 0.29) is 5.76 Å². The van der Waals surface area contributed by atoms with Gasteiger partial charge in [0.15, 0.2) is 10.7 Å². The van der Waals surface area contributed by atoms with Gasteiger partial charge in [-0.25, -0.2) is 4.79 Å². The third-order valence-electron chi connectivity index (χ3n) is 4.43. The van der Waals surface area contributed by atoms with E-state index in [1.54, 1.807) is 16.3 Å². The Labute approximate surface area is 160 Å². The summed E-state index contributed by atoms with van der Waals surface area (Å²) in [6.45, 7) is 3.47. The van der Waals surface area contributed by atoms with Gasteiger partial charge in [0, 0.05) is 25.3 Å². The summed E-state index contributed by atoms with van der Waals surface area (Å²) in [7, 11) is 0. The van der Waals surface area contributed by atoms with E-state index in [0.717, 1.165) is 29.5 Å². The maximum Gasteiger partial charge on any atom is 0.419 e. The molecule has 0 radical (unpaired) electrons. The van der Waals surface area contributed by atoms with Gasteiger partial charge in [0.2, 0.25) is 0 Å². The summed E-state index contributed by atoms with van der Waals surface area (Å²) in [6.07, 6.45) is 0.758. The SMILES string of the molecule is CCn1c(Cc2ccccc2)nnc1SCCn1c(=O)oc2ccccc21. The number of thioether (sulfide) groups is 1. The maximum absolute atomic E-state index is 12.1. The van der Waals surface area contributed by atoms with Crippen molar-refractivity contribution in [3.8, 4) is 0 Å². The molecule has 0 aliphatic heterocycles. The van der Waals surface area contributed by atoms with Crippen molar-refractivity contribution in [3.05, 3.63) is 76.5 Å². The fourth-order valence-corrected chi connectivity index (χ4v) is 4.05. The average Bonchev–Trinajstić information content (AvgIpc) is 3.23. The molecule has 2 aromatic heterocycles. The minimum Gasteiger partial charge on any atom is -0.408 e. The normalized spacial score (nSPS) is 11.3. The molecule has 0 fully saturated rings. The Hall–Kier alpha value is -2.80. The molecule has 0 unspecified atom stereocenters. The van der Waals surface area contributed by atoms with Crippen LogP contribution >= 0.6 is 11.8 Å². The Morgan fingerprint density at radius 1 is 1.00 bits per heavy atom. The van der Waals surface area contributed by atoms with Gasteiger partial charge in [-0.3, -0.25) is 4.57 Å². The van der Waals surface area contributed by atoms with E-state index in [1.807, 2.05) is 42.5 Å². The highest BCUT2D eigenvalue weighted by Gasteiger charge is 2.13. The van der Waals surface area contributed by atoms with Crippen LogP contribution in [-0.4, -0.2) is 25.1 Å². The Morgan fingerprint density at radius 2 is 1.78 bits per heavy atom. The lowest BCUT2D eigenvalue weighted by Crippen LogP contribution is -2.15. The molecule has 138 valence electrons. The number of aromatic nitrogens is 4. The van der Waals surface area contributed by atoms with Crippen molar-refractivity contribution in [2.24, 2.45) is 0 Å². The van der Waals surface area contributed by atoms with Gasteiger partial charge in [0.1, 0.15) is 5.82 Å². The second-order valence-corrected chi connectivity index (χ2v) is 7.20. The monoisotopic (exact) mass is 380 g/mol. The maximum atomic E-state index is 12.1. The van der Waals surface area contributed by atoms with Gasteiger partial charge in [0.25, 0.3) is 0 Å². The third kappa shape index (κ3) is 3.68. The zero-order valence-electron chi connectivity index (χ0n) is 15.0. The van der Waals surface area contributed by atoms with Crippen molar-refractivity contribution in [1.82, 2.24) is 19.3 Å². The lowest BCUT2D eigenvalue weighted by atomic mass is 10.1. The molecule has 0 saturated heterocycles. The van der Waals surface area contributed by atoms with Gasteiger partial charge >= 0.3 is 5.76 Å². The minimum absolute atomic E-state index is 0.321. The van der Waals surface area contributed by atoms with E-state index in [9.17, 15) is 4.79 Å². The molecule has 4 rings (SSSR count). The molecule has 0 amide bonds. The first-order chi connectivity index (χ1) is 13.3. The molecule has 7 heteroatoms. The van der Waals surface area contributed by atoms with Crippen LogP contribution in [0.2, 0.25) is 0 Å². The Morgan fingerprint density at radius 3 is 2.59 bits per heavy atom. The summed E-state index contributed by atoms with van der Waals surface area (Å²) in [5, 5.41) is 9.60. The second-order valence-electron chi connectivity index (χ2n) is 6.14. The van der Waals surface area contributed by atoms with Crippen molar-refractivity contribution >= 4 is 22.9 Å². The van der Waals surface area contributed by atoms with Crippen molar-refractivity contribution in [2.75, 3.05) is 5.75 Å². The number of hydrogen-bond acceptors (Lipinski definition) is 5. The van der Waals surface area contributed by atoms with Crippen LogP contribution in [0.4, 0.5) is 0 Å². The lowest BCUT2D eigenvalue weighted by Gasteiger charge is -2.07. The molecular formula is C20H20N4O2S. The third-order valence-corrected chi connectivity index (χ3v) is 5.38. The van der Waals surface area contributed by atoms with Gasteiger partial charge in [-0.05, 0) is 24.6 Å². The first-order valence-corrected chi connectivity index (χ1v) is 9.92. The van der Waals surface area contributed by atoms with E-state index in [0.29, 0.717) is 17.9 Å². The molecule has 0 aliphatic rings. The summed E-state index contributed by atoms with van der Waals surface area (Å²) in [5.41, 5.74) is 2.66. The van der Waals surface area contributed by atoms with Crippen LogP contribution in [0.5, 0.6) is 0 Å². The molecule has 6 nitrogen and oxygen atoms in total. The average molecular weight is 380 g/mol. The number of oxazole rings is 1. The van der Waals surface area contributed by atoms with Crippen molar-refractivity contribution in [3.63, 3.8) is 0 Å².